The molecule has 2 atom stereocenters. The van der Waals surface area contributed by atoms with Crippen LogP contribution in [0.25, 0.3) is 0 Å². The zero-order chi connectivity index (χ0) is 15.5. The maximum Gasteiger partial charge on any atom is 0.0711 e. The predicted molar refractivity (Wildman–Crippen MR) is 91.4 cm³/mol. The fraction of sp³-hybridized carbons (Fsp3) is 0.812. The molecule has 2 unspecified atom stereocenters. The number of likely N-dealkylation sites (N-methyl/N-ethyl adjacent to an activating group) is 1. The summed E-state index contributed by atoms with van der Waals surface area (Å²) in [4.78, 5) is 2.68. The second-order valence-electron chi connectivity index (χ2n) is 6.25. The van der Waals surface area contributed by atoms with Crippen molar-refractivity contribution < 1.29 is 0 Å². The molecule has 0 radical (unpaired) electrons. The van der Waals surface area contributed by atoms with Crippen LogP contribution in [0.5, 0.6) is 0 Å². The number of hydrogen-bond acceptors (Lipinski definition) is 3. The van der Waals surface area contributed by atoms with E-state index in [1.165, 1.54) is 38.0 Å². The summed E-state index contributed by atoms with van der Waals surface area (Å²) in [7, 11) is 2.04. The molecule has 1 aliphatic rings. The largest absolute Gasteiger partial charge is 0.307 e. The molecule has 1 aromatic rings. The van der Waals surface area contributed by atoms with Crippen LogP contribution in [0.1, 0.15) is 58.2 Å². The molecule has 2 heterocycles. The van der Waals surface area contributed by atoms with E-state index >= 15 is 0 Å². The third kappa shape index (κ3) is 3.35. The van der Waals surface area contributed by atoms with Crippen molar-refractivity contribution in [1.29, 1.82) is 0 Å². The summed E-state index contributed by atoms with van der Waals surface area (Å²) in [5.41, 5.74) is 1.37. The average molecular weight is 357 g/mol. The van der Waals surface area contributed by atoms with E-state index in [4.69, 9.17) is 0 Å². The van der Waals surface area contributed by atoms with Gasteiger partial charge in [-0.3, -0.25) is 9.58 Å². The van der Waals surface area contributed by atoms with Crippen molar-refractivity contribution in [2.24, 2.45) is 7.05 Å². The molecule has 0 amide bonds. The molecule has 1 aromatic heterocycles. The average Bonchev–Trinajstić information content (AvgIpc) is 2.84. The summed E-state index contributed by atoms with van der Waals surface area (Å²) in [5, 5.41) is 8.15. The van der Waals surface area contributed by atoms with Gasteiger partial charge in [0.2, 0.25) is 0 Å². The van der Waals surface area contributed by atoms with Crippen molar-refractivity contribution in [3.05, 3.63) is 16.4 Å². The van der Waals surface area contributed by atoms with Crippen LogP contribution in [-0.4, -0.2) is 39.9 Å². The van der Waals surface area contributed by atoms with E-state index in [0.29, 0.717) is 0 Å². The molecule has 21 heavy (non-hydrogen) atoms. The van der Waals surface area contributed by atoms with E-state index in [9.17, 15) is 0 Å². The molecular weight excluding hydrogens is 328 g/mol. The molecule has 1 aliphatic heterocycles. The van der Waals surface area contributed by atoms with Gasteiger partial charge < -0.3 is 5.32 Å². The molecule has 0 aliphatic carbocycles. The Morgan fingerprint density at radius 1 is 1.33 bits per heavy atom. The summed E-state index contributed by atoms with van der Waals surface area (Å²) in [6, 6.07) is 0.285. The molecule has 120 valence electrons. The Morgan fingerprint density at radius 3 is 2.48 bits per heavy atom. The van der Waals surface area contributed by atoms with Crippen LogP contribution < -0.4 is 5.32 Å². The first-order valence-electron chi connectivity index (χ1n) is 8.20. The highest BCUT2D eigenvalue weighted by molar-refractivity contribution is 9.10. The van der Waals surface area contributed by atoms with Gasteiger partial charge in [-0.15, -0.1) is 0 Å². The van der Waals surface area contributed by atoms with Crippen molar-refractivity contribution in [2.45, 2.75) is 58.0 Å². The lowest BCUT2D eigenvalue weighted by Crippen LogP contribution is -2.56. The molecule has 5 heteroatoms. The smallest absolute Gasteiger partial charge is 0.0711 e. The van der Waals surface area contributed by atoms with E-state index in [1.54, 1.807) is 0 Å². The Labute approximate surface area is 137 Å². The lowest BCUT2D eigenvalue weighted by Gasteiger charge is -2.48. The molecule has 2 rings (SSSR count). The van der Waals surface area contributed by atoms with Gasteiger partial charge in [0, 0.05) is 12.6 Å². The summed E-state index contributed by atoms with van der Waals surface area (Å²) in [6.45, 7) is 10.3. The Bertz CT molecular complexity index is 434. The number of hydrogen-bond donors (Lipinski definition) is 1. The van der Waals surface area contributed by atoms with Gasteiger partial charge in [-0.2, -0.15) is 5.10 Å². The van der Waals surface area contributed by atoms with Gasteiger partial charge in [0.25, 0.3) is 0 Å². The zero-order valence-electron chi connectivity index (χ0n) is 13.8. The lowest BCUT2D eigenvalue weighted by atomic mass is 9.83. The first kappa shape index (κ1) is 17.0. The molecule has 0 saturated carbocycles. The number of rotatable bonds is 6. The molecule has 1 fully saturated rings. The maximum atomic E-state index is 4.42. The first-order chi connectivity index (χ1) is 10.0. The van der Waals surface area contributed by atoms with Gasteiger partial charge >= 0.3 is 0 Å². The fourth-order valence-corrected chi connectivity index (χ4v) is 4.15. The molecule has 1 saturated heterocycles. The number of piperidine rings is 1. The fourth-order valence-electron chi connectivity index (χ4n) is 3.58. The summed E-state index contributed by atoms with van der Waals surface area (Å²) < 4.78 is 3.11. The monoisotopic (exact) mass is 356 g/mol. The third-order valence-electron chi connectivity index (χ3n) is 5.04. The number of nitrogens with zero attached hydrogens (tertiary/aromatic N) is 3. The van der Waals surface area contributed by atoms with E-state index in [-0.39, 0.29) is 11.6 Å². The predicted octanol–water partition coefficient (Wildman–Crippen LogP) is 3.49. The van der Waals surface area contributed by atoms with Gasteiger partial charge in [-0.05, 0) is 61.8 Å². The minimum Gasteiger partial charge on any atom is -0.307 e. The number of halogens is 1. The molecule has 0 bridgehead atoms. The Kier molecular flexibility index (Phi) is 5.86. The minimum atomic E-state index is 0.118. The van der Waals surface area contributed by atoms with Crippen LogP contribution in [0.3, 0.4) is 0 Å². The van der Waals surface area contributed by atoms with Crippen molar-refractivity contribution in [1.82, 2.24) is 20.0 Å². The number of aromatic nitrogens is 2. The molecule has 4 nitrogen and oxygen atoms in total. The second kappa shape index (κ2) is 7.25. The number of likely N-dealkylation sites (tertiary alicyclic amines) is 1. The molecular formula is C16H29BrN4. The van der Waals surface area contributed by atoms with Crippen molar-refractivity contribution >= 4 is 15.9 Å². The molecule has 1 N–H and O–H groups in total. The Balaban J connectivity index is 2.38. The normalized spacial score (nSPS) is 21.2. The topological polar surface area (TPSA) is 33.1 Å². The first-order valence-corrected chi connectivity index (χ1v) is 8.99. The zero-order valence-corrected chi connectivity index (χ0v) is 15.4. The van der Waals surface area contributed by atoms with Gasteiger partial charge in [-0.1, -0.05) is 20.3 Å². The second-order valence-corrected chi connectivity index (χ2v) is 7.10. The highest BCUT2D eigenvalue weighted by Gasteiger charge is 2.41. The highest BCUT2D eigenvalue weighted by Crippen LogP contribution is 2.38. The van der Waals surface area contributed by atoms with Crippen molar-refractivity contribution in [2.75, 3.05) is 19.6 Å². The maximum absolute atomic E-state index is 4.42. The van der Waals surface area contributed by atoms with Gasteiger partial charge in [-0.25, -0.2) is 0 Å². The Morgan fingerprint density at radius 2 is 2.00 bits per heavy atom. The van der Waals surface area contributed by atoms with Crippen LogP contribution in [0.2, 0.25) is 0 Å². The van der Waals surface area contributed by atoms with Gasteiger partial charge in [0.15, 0.2) is 0 Å². The third-order valence-corrected chi connectivity index (χ3v) is 5.65. The SMILES string of the molecule is CCNC(c1c(Br)cnn1C)C(C)(CC)N1CCCCC1. The van der Waals surface area contributed by atoms with E-state index in [1.807, 2.05) is 17.9 Å². The van der Waals surface area contributed by atoms with Crippen molar-refractivity contribution in [3.8, 4) is 0 Å². The van der Waals surface area contributed by atoms with Crippen LogP contribution in [-0.2, 0) is 7.05 Å². The van der Waals surface area contributed by atoms with E-state index in [0.717, 1.165) is 17.4 Å². The summed E-state index contributed by atoms with van der Waals surface area (Å²) >= 11 is 3.69. The van der Waals surface area contributed by atoms with Crippen LogP contribution in [0.4, 0.5) is 0 Å². The van der Waals surface area contributed by atoms with Crippen LogP contribution in [0.15, 0.2) is 10.7 Å². The van der Waals surface area contributed by atoms with Crippen LogP contribution in [0, 0.1) is 0 Å². The molecule has 0 aromatic carbocycles. The van der Waals surface area contributed by atoms with Gasteiger partial charge in [0.05, 0.1) is 22.4 Å². The van der Waals surface area contributed by atoms with Gasteiger partial charge in [0.1, 0.15) is 0 Å². The number of aryl methyl sites for hydroxylation is 1. The van der Waals surface area contributed by atoms with Crippen LogP contribution >= 0.6 is 15.9 Å². The quantitative estimate of drug-likeness (QED) is 0.846. The number of nitrogens with one attached hydrogen (secondary N) is 1. The lowest BCUT2D eigenvalue weighted by molar-refractivity contribution is 0.0402. The highest BCUT2D eigenvalue weighted by atomic mass is 79.9. The van der Waals surface area contributed by atoms with E-state index in [2.05, 4.69) is 52.0 Å². The van der Waals surface area contributed by atoms with E-state index < -0.39 is 0 Å². The standard InChI is InChI=1S/C16H29BrN4/c1-5-16(3,21-10-8-7-9-11-21)15(18-6-2)14-13(17)12-19-20(14)4/h12,15,18H,5-11H2,1-4H3. The molecule has 0 spiro atoms. The minimum absolute atomic E-state index is 0.118. The Hall–Kier alpha value is -0.390. The summed E-state index contributed by atoms with van der Waals surface area (Å²) in [6.07, 6.45) is 7.05. The van der Waals surface area contributed by atoms with Crippen molar-refractivity contribution in [3.63, 3.8) is 0 Å². The summed E-state index contributed by atoms with van der Waals surface area (Å²) in [5.74, 6) is 0.